The van der Waals surface area contributed by atoms with Gasteiger partial charge in [-0.05, 0) is 60.3 Å². The zero-order valence-corrected chi connectivity index (χ0v) is 35.5. The number of likely N-dealkylation sites (N-methyl/N-ethyl adjacent to an activating group) is 3. The molecule has 0 unspecified atom stereocenters. The molecule has 2 aromatic heterocycles. The van der Waals surface area contributed by atoms with E-state index in [1.807, 2.05) is 13.8 Å². The molecule has 3 heterocycles. The topological polar surface area (TPSA) is 204 Å². The molecule has 1 aliphatic heterocycles. The smallest absolute Gasteiger partial charge is 0.245 e. The molecule has 2 aromatic rings. The second kappa shape index (κ2) is 20.3. The zero-order valence-electron chi connectivity index (χ0n) is 35.5. The molecule has 0 spiro atoms. The van der Waals surface area contributed by atoms with Crippen molar-refractivity contribution in [3.8, 4) is 0 Å². The van der Waals surface area contributed by atoms with Crippen LogP contribution in [-0.4, -0.2) is 119 Å². The van der Waals surface area contributed by atoms with Gasteiger partial charge in [-0.2, -0.15) is 0 Å². The molecule has 16 nitrogen and oxygen atoms in total. The Morgan fingerprint density at radius 1 is 0.544 bits per heavy atom. The Kier molecular flexibility index (Phi) is 16.5. The van der Waals surface area contributed by atoms with E-state index in [4.69, 9.17) is 8.83 Å². The fraction of sp³-hybridized carbons (Fsp3) is 0.634. The Balaban J connectivity index is 2.19. The molecule has 0 aromatic carbocycles. The summed E-state index contributed by atoms with van der Waals surface area (Å²) in [6.45, 7) is 15.8. The molecule has 4 N–H and O–H groups in total. The van der Waals surface area contributed by atoms with Crippen LogP contribution in [0.4, 0.5) is 0 Å². The highest BCUT2D eigenvalue weighted by atomic mass is 16.3. The van der Waals surface area contributed by atoms with Gasteiger partial charge in [0.05, 0.1) is 25.1 Å². The molecule has 1 aliphatic rings. The SMILES string of the molecule is CC(C)C[C@H]1NC(=O)[C@H](Cc2ccoc2)N(C)C(=O)[C@@H](C(C)C)NC(=O)[C@H](C(C)C)NC(=O)[C@H](C(C)C)NC(=O)[C@@H](Cc2ccoc2)N(C)C(=O)[C@@H](C)N(C)C1=O. The standard InChI is InChI=1S/C41H63N7O9/c1-22(2)17-29-40(54)46(10)26(9)39(53)47(11)31(19-28-14-16-57-21-28)36(50)43-32(23(3)4)37(51)44-33(24(5)6)38(52)45-34(25(7)8)41(55)48(12)30(35(49)42-29)18-27-13-15-56-20-27/h13-16,20-26,29-34H,17-19H2,1-12H3,(H,42,49)(H,43,50)(H,44,51)(H,45,52)/t26-,29-,30+,31-,32+,33+,34-/m1/s1. The molecule has 0 saturated carbocycles. The van der Waals surface area contributed by atoms with Gasteiger partial charge in [0.2, 0.25) is 41.4 Å². The van der Waals surface area contributed by atoms with Crippen LogP contribution >= 0.6 is 0 Å². The van der Waals surface area contributed by atoms with Gasteiger partial charge >= 0.3 is 0 Å². The molecular formula is C41H63N7O9. The minimum atomic E-state index is -1.14. The largest absolute Gasteiger partial charge is 0.472 e. The first kappa shape index (κ1) is 46.2. The molecule has 16 heteroatoms. The minimum absolute atomic E-state index is 0.0284. The summed E-state index contributed by atoms with van der Waals surface area (Å²) in [7, 11) is 4.37. The van der Waals surface area contributed by atoms with Crippen molar-refractivity contribution in [3.05, 3.63) is 48.3 Å². The molecule has 7 amide bonds. The number of hydrogen-bond donors (Lipinski definition) is 4. The third-order valence-electron chi connectivity index (χ3n) is 10.6. The lowest BCUT2D eigenvalue weighted by Gasteiger charge is -2.36. The predicted octanol–water partition coefficient (Wildman–Crippen LogP) is 2.13. The van der Waals surface area contributed by atoms with E-state index in [9.17, 15) is 33.6 Å². The van der Waals surface area contributed by atoms with Crippen LogP contribution in [0, 0.1) is 23.7 Å². The predicted molar refractivity (Wildman–Crippen MR) is 212 cm³/mol. The van der Waals surface area contributed by atoms with Gasteiger partial charge in [-0.3, -0.25) is 33.6 Å². The average molecular weight is 798 g/mol. The molecule has 316 valence electrons. The molecule has 57 heavy (non-hydrogen) atoms. The highest BCUT2D eigenvalue weighted by molar-refractivity contribution is 5.98. The van der Waals surface area contributed by atoms with Crippen molar-refractivity contribution in [3.63, 3.8) is 0 Å². The van der Waals surface area contributed by atoms with E-state index in [0.717, 1.165) is 0 Å². The molecule has 0 bridgehead atoms. The quantitative estimate of drug-likeness (QED) is 0.293. The summed E-state index contributed by atoms with van der Waals surface area (Å²) < 4.78 is 10.5. The second-order valence-electron chi connectivity index (χ2n) is 16.6. The normalized spacial score (nSPS) is 25.9. The Morgan fingerprint density at radius 3 is 1.35 bits per heavy atom. The van der Waals surface area contributed by atoms with Gasteiger partial charge in [0.25, 0.3) is 0 Å². The van der Waals surface area contributed by atoms with Crippen molar-refractivity contribution in [1.29, 1.82) is 0 Å². The number of furan rings is 2. The summed E-state index contributed by atoms with van der Waals surface area (Å²) in [4.78, 5) is 103. The molecule has 7 atom stereocenters. The van der Waals surface area contributed by atoms with Crippen molar-refractivity contribution in [1.82, 2.24) is 36.0 Å². The summed E-state index contributed by atoms with van der Waals surface area (Å²) in [5.41, 5.74) is 1.23. The van der Waals surface area contributed by atoms with Crippen LogP contribution in [0.5, 0.6) is 0 Å². The van der Waals surface area contributed by atoms with Gasteiger partial charge in [-0.1, -0.05) is 55.4 Å². The summed E-state index contributed by atoms with van der Waals surface area (Å²) in [5, 5.41) is 11.3. The third kappa shape index (κ3) is 11.9. The monoisotopic (exact) mass is 797 g/mol. The fourth-order valence-electron chi connectivity index (χ4n) is 6.78. The molecule has 0 aliphatic carbocycles. The van der Waals surface area contributed by atoms with Crippen LogP contribution in [0.2, 0.25) is 0 Å². The highest BCUT2D eigenvalue weighted by Gasteiger charge is 2.41. The molecular weight excluding hydrogens is 734 g/mol. The minimum Gasteiger partial charge on any atom is -0.472 e. The molecule has 1 saturated heterocycles. The van der Waals surface area contributed by atoms with E-state index in [2.05, 4.69) is 21.3 Å². The summed E-state index contributed by atoms with van der Waals surface area (Å²) in [6.07, 6.45) is 6.07. The lowest BCUT2D eigenvalue weighted by Crippen LogP contribution is -2.62. The zero-order chi connectivity index (χ0) is 42.9. The van der Waals surface area contributed by atoms with Crippen LogP contribution < -0.4 is 21.3 Å². The number of carbonyl (C=O) groups excluding carboxylic acids is 7. The highest BCUT2D eigenvalue weighted by Crippen LogP contribution is 2.19. The molecule has 3 rings (SSSR count). The second-order valence-corrected chi connectivity index (χ2v) is 16.6. The van der Waals surface area contributed by atoms with Crippen molar-refractivity contribution >= 4 is 41.4 Å². The third-order valence-corrected chi connectivity index (χ3v) is 10.6. The van der Waals surface area contributed by atoms with E-state index in [1.54, 1.807) is 53.7 Å². The molecule has 1 fully saturated rings. The van der Waals surface area contributed by atoms with Gasteiger partial charge in [0.1, 0.15) is 42.3 Å². The summed E-state index contributed by atoms with van der Waals surface area (Å²) in [6, 6.07) is -4.48. The Labute approximate surface area is 336 Å². The van der Waals surface area contributed by atoms with Crippen LogP contribution in [0.25, 0.3) is 0 Å². The van der Waals surface area contributed by atoms with Crippen molar-refractivity contribution in [2.24, 2.45) is 23.7 Å². The molecule has 0 radical (unpaired) electrons. The van der Waals surface area contributed by atoms with E-state index in [1.165, 1.54) is 67.8 Å². The number of rotatable bonds is 9. The van der Waals surface area contributed by atoms with E-state index >= 15 is 0 Å². The number of carbonyl (C=O) groups is 7. The van der Waals surface area contributed by atoms with Crippen LogP contribution in [0.1, 0.15) is 79.9 Å². The van der Waals surface area contributed by atoms with Crippen molar-refractivity contribution < 1.29 is 42.4 Å². The Hall–Kier alpha value is -5.15. The van der Waals surface area contributed by atoms with Gasteiger partial charge in [0, 0.05) is 34.0 Å². The number of amides is 7. The van der Waals surface area contributed by atoms with Gasteiger partial charge in [-0.15, -0.1) is 0 Å². The maximum absolute atomic E-state index is 14.3. The average Bonchev–Trinajstić information content (AvgIpc) is 3.87. The van der Waals surface area contributed by atoms with E-state index in [0.29, 0.717) is 11.1 Å². The van der Waals surface area contributed by atoms with Gasteiger partial charge < -0.3 is 44.8 Å². The fourth-order valence-corrected chi connectivity index (χ4v) is 6.78. The number of nitrogens with one attached hydrogen (secondary N) is 4. The first-order valence-corrected chi connectivity index (χ1v) is 19.7. The first-order chi connectivity index (χ1) is 26.7. The van der Waals surface area contributed by atoms with Gasteiger partial charge in [0.15, 0.2) is 0 Å². The lowest BCUT2D eigenvalue weighted by molar-refractivity contribution is -0.149. The van der Waals surface area contributed by atoms with Crippen LogP contribution in [-0.2, 0) is 46.4 Å². The van der Waals surface area contributed by atoms with Crippen molar-refractivity contribution in [2.45, 2.75) is 124 Å². The van der Waals surface area contributed by atoms with Gasteiger partial charge in [-0.25, -0.2) is 0 Å². The number of hydrogen-bond acceptors (Lipinski definition) is 9. The summed E-state index contributed by atoms with van der Waals surface area (Å²) in [5.74, 6) is -5.60. The van der Waals surface area contributed by atoms with E-state index < -0.39 is 101 Å². The Bertz CT molecular complexity index is 1690. The maximum atomic E-state index is 14.3. The van der Waals surface area contributed by atoms with Crippen molar-refractivity contribution in [2.75, 3.05) is 21.1 Å². The first-order valence-electron chi connectivity index (χ1n) is 19.7. The Morgan fingerprint density at radius 2 is 0.947 bits per heavy atom. The van der Waals surface area contributed by atoms with E-state index in [-0.39, 0.29) is 25.2 Å². The summed E-state index contributed by atoms with van der Waals surface area (Å²) >= 11 is 0. The maximum Gasteiger partial charge on any atom is 0.245 e. The number of nitrogens with zero attached hydrogens (tertiary/aromatic N) is 3. The van der Waals surface area contributed by atoms with Crippen LogP contribution in [0.15, 0.2) is 46.0 Å². The lowest BCUT2D eigenvalue weighted by atomic mass is 9.96. The van der Waals surface area contributed by atoms with Crippen LogP contribution in [0.3, 0.4) is 0 Å².